The first-order chi connectivity index (χ1) is 9.74. The van der Waals surface area contributed by atoms with E-state index in [0.717, 1.165) is 12.1 Å². The number of halogens is 4. The fourth-order valence-corrected chi connectivity index (χ4v) is 1.87. The Balaban J connectivity index is 2.76. The van der Waals surface area contributed by atoms with Crippen molar-refractivity contribution in [2.45, 2.75) is 6.18 Å². The SMILES string of the molecule is N#Cc1cc(C(F)(F)F)ccc1-n1c(=O)cc(Cl)[nH]c1=O. The lowest BCUT2D eigenvalue weighted by molar-refractivity contribution is -0.137. The molecule has 0 aliphatic rings. The summed E-state index contributed by atoms with van der Waals surface area (Å²) in [5.41, 5.74) is -3.59. The van der Waals surface area contributed by atoms with Crippen LogP contribution in [0.3, 0.4) is 0 Å². The summed E-state index contributed by atoms with van der Waals surface area (Å²) in [4.78, 5) is 25.6. The predicted octanol–water partition coefficient (Wildman–Crippen LogP) is 2.07. The highest BCUT2D eigenvalue weighted by atomic mass is 35.5. The number of hydrogen-bond donors (Lipinski definition) is 1. The molecule has 0 fully saturated rings. The predicted molar refractivity (Wildman–Crippen MR) is 67.4 cm³/mol. The fraction of sp³-hybridized carbons (Fsp3) is 0.0833. The third kappa shape index (κ3) is 2.83. The van der Waals surface area contributed by atoms with Crippen LogP contribution in [0.4, 0.5) is 13.2 Å². The molecule has 0 amide bonds. The number of hydrogen-bond acceptors (Lipinski definition) is 3. The molecule has 0 aliphatic heterocycles. The molecule has 1 aromatic heterocycles. The molecule has 1 N–H and O–H groups in total. The first kappa shape index (κ1) is 14.9. The number of nitrogens with zero attached hydrogens (tertiary/aromatic N) is 2. The smallest absolute Gasteiger partial charge is 0.297 e. The molecule has 1 heterocycles. The van der Waals surface area contributed by atoms with Crippen LogP contribution in [0.1, 0.15) is 11.1 Å². The largest absolute Gasteiger partial charge is 0.416 e. The van der Waals surface area contributed by atoms with Gasteiger partial charge in [0, 0.05) is 6.07 Å². The second-order valence-corrected chi connectivity index (χ2v) is 4.34. The van der Waals surface area contributed by atoms with Gasteiger partial charge >= 0.3 is 11.9 Å². The topological polar surface area (TPSA) is 78.7 Å². The molecule has 0 spiro atoms. The third-order valence-corrected chi connectivity index (χ3v) is 2.79. The first-order valence-corrected chi connectivity index (χ1v) is 5.75. The zero-order valence-electron chi connectivity index (χ0n) is 10.0. The van der Waals surface area contributed by atoms with Crippen LogP contribution in [0.15, 0.2) is 33.9 Å². The molecule has 1 aromatic carbocycles. The maximum atomic E-state index is 12.6. The molecule has 0 bridgehead atoms. The van der Waals surface area contributed by atoms with E-state index < -0.39 is 28.6 Å². The monoisotopic (exact) mass is 315 g/mol. The van der Waals surface area contributed by atoms with Gasteiger partial charge in [0.1, 0.15) is 11.2 Å². The van der Waals surface area contributed by atoms with E-state index in [9.17, 15) is 22.8 Å². The van der Waals surface area contributed by atoms with Crippen molar-refractivity contribution in [1.29, 1.82) is 5.26 Å². The average molecular weight is 316 g/mol. The number of nitrogens with one attached hydrogen (secondary N) is 1. The lowest BCUT2D eigenvalue weighted by Crippen LogP contribution is -2.33. The maximum Gasteiger partial charge on any atom is 0.416 e. The van der Waals surface area contributed by atoms with Gasteiger partial charge in [-0.15, -0.1) is 0 Å². The Morgan fingerprint density at radius 3 is 2.43 bits per heavy atom. The summed E-state index contributed by atoms with van der Waals surface area (Å²) < 4.78 is 38.3. The van der Waals surface area contributed by atoms with Crippen molar-refractivity contribution in [3.8, 4) is 11.8 Å². The molecule has 2 rings (SSSR count). The summed E-state index contributed by atoms with van der Waals surface area (Å²) in [5.74, 6) is 0. The standard InChI is InChI=1S/C12H5ClF3N3O2/c13-9-4-10(20)19(11(21)18-9)8-2-1-7(12(14,15)16)3-6(8)5-17/h1-4H,(H,18,21). The van der Waals surface area contributed by atoms with Crippen molar-refractivity contribution in [1.82, 2.24) is 9.55 Å². The van der Waals surface area contributed by atoms with Gasteiger partial charge in [-0.25, -0.2) is 9.36 Å². The van der Waals surface area contributed by atoms with Crippen LogP contribution in [-0.4, -0.2) is 9.55 Å². The van der Waals surface area contributed by atoms with Gasteiger partial charge in [-0.1, -0.05) is 11.6 Å². The highest BCUT2D eigenvalue weighted by Gasteiger charge is 2.31. The lowest BCUT2D eigenvalue weighted by atomic mass is 10.1. The Bertz CT molecular complexity index is 831. The van der Waals surface area contributed by atoms with Crippen LogP contribution in [0.2, 0.25) is 5.15 Å². The van der Waals surface area contributed by atoms with Gasteiger partial charge in [0.25, 0.3) is 5.56 Å². The molecule has 5 nitrogen and oxygen atoms in total. The number of nitriles is 1. The van der Waals surface area contributed by atoms with Crippen molar-refractivity contribution in [3.63, 3.8) is 0 Å². The van der Waals surface area contributed by atoms with E-state index in [1.807, 2.05) is 0 Å². The second kappa shape index (κ2) is 5.10. The van der Waals surface area contributed by atoms with Crippen LogP contribution in [0, 0.1) is 11.3 Å². The van der Waals surface area contributed by atoms with Gasteiger partial charge in [0.15, 0.2) is 0 Å². The Morgan fingerprint density at radius 1 is 1.24 bits per heavy atom. The molecule has 0 radical (unpaired) electrons. The number of rotatable bonds is 1. The van der Waals surface area contributed by atoms with Crippen LogP contribution in [-0.2, 0) is 6.18 Å². The highest BCUT2D eigenvalue weighted by Crippen LogP contribution is 2.30. The zero-order valence-corrected chi connectivity index (χ0v) is 10.8. The van der Waals surface area contributed by atoms with Gasteiger partial charge in [-0.3, -0.25) is 9.78 Å². The molecule has 108 valence electrons. The van der Waals surface area contributed by atoms with Gasteiger partial charge in [-0.05, 0) is 18.2 Å². The number of benzene rings is 1. The fourth-order valence-electron chi connectivity index (χ4n) is 1.69. The Labute approximate surface area is 119 Å². The van der Waals surface area contributed by atoms with E-state index in [2.05, 4.69) is 4.98 Å². The quantitative estimate of drug-likeness (QED) is 0.818. The molecule has 0 aliphatic carbocycles. The van der Waals surface area contributed by atoms with Crippen molar-refractivity contribution in [2.75, 3.05) is 0 Å². The molecule has 0 saturated heterocycles. The minimum Gasteiger partial charge on any atom is -0.297 e. The molecule has 0 atom stereocenters. The molecule has 2 aromatic rings. The van der Waals surface area contributed by atoms with E-state index in [1.54, 1.807) is 0 Å². The summed E-state index contributed by atoms with van der Waals surface area (Å²) in [6, 6.07) is 4.53. The van der Waals surface area contributed by atoms with Crippen LogP contribution in [0.25, 0.3) is 5.69 Å². The summed E-state index contributed by atoms with van der Waals surface area (Å²) in [6.07, 6.45) is -4.64. The summed E-state index contributed by atoms with van der Waals surface area (Å²) in [6.45, 7) is 0. The van der Waals surface area contributed by atoms with Gasteiger partial charge < -0.3 is 0 Å². The molecule has 0 saturated carbocycles. The van der Waals surface area contributed by atoms with Crippen molar-refractivity contribution >= 4 is 11.6 Å². The molecular formula is C12H5ClF3N3O2. The number of alkyl halides is 3. The van der Waals surface area contributed by atoms with Crippen LogP contribution >= 0.6 is 11.6 Å². The molecule has 21 heavy (non-hydrogen) atoms. The van der Waals surface area contributed by atoms with E-state index in [1.165, 1.54) is 6.07 Å². The zero-order chi connectivity index (χ0) is 15.8. The second-order valence-electron chi connectivity index (χ2n) is 3.94. The average Bonchev–Trinajstić information content (AvgIpc) is 2.36. The highest BCUT2D eigenvalue weighted by molar-refractivity contribution is 6.29. The maximum absolute atomic E-state index is 12.6. The van der Waals surface area contributed by atoms with Gasteiger partial charge in [0.2, 0.25) is 0 Å². The Kier molecular flexibility index (Phi) is 3.61. The Hall–Kier alpha value is -2.53. The Morgan fingerprint density at radius 2 is 1.90 bits per heavy atom. The van der Waals surface area contributed by atoms with Gasteiger partial charge in [-0.2, -0.15) is 18.4 Å². The summed E-state index contributed by atoms with van der Waals surface area (Å²) in [5, 5.41) is 8.72. The van der Waals surface area contributed by atoms with E-state index in [4.69, 9.17) is 16.9 Å². The van der Waals surface area contributed by atoms with Crippen molar-refractivity contribution in [2.24, 2.45) is 0 Å². The van der Waals surface area contributed by atoms with E-state index in [-0.39, 0.29) is 10.8 Å². The summed E-state index contributed by atoms with van der Waals surface area (Å²) >= 11 is 5.49. The van der Waals surface area contributed by atoms with Crippen molar-refractivity contribution in [3.05, 3.63) is 61.4 Å². The summed E-state index contributed by atoms with van der Waals surface area (Å²) in [7, 11) is 0. The number of aromatic nitrogens is 2. The normalized spacial score (nSPS) is 11.2. The van der Waals surface area contributed by atoms with Crippen LogP contribution in [0.5, 0.6) is 0 Å². The van der Waals surface area contributed by atoms with Crippen molar-refractivity contribution < 1.29 is 13.2 Å². The molecule has 0 unspecified atom stereocenters. The van der Waals surface area contributed by atoms with Gasteiger partial charge in [0.05, 0.1) is 16.8 Å². The minimum absolute atomic E-state index is 0.216. The first-order valence-electron chi connectivity index (χ1n) is 5.37. The van der Waals surface area contributed by atoms with E-state index >= 15 is 0 Å². The lowest BCUT2D eigenvalue weighted by Gasteiger charge is -2.10. The molecule has 9 heteroatoms. The van der Waals surface area contributed by atoms with E-state index in [0.29, 0.717) is 16.7 Å². The number of aromatic amines is 1. The minimum atomic E-state index is -4.64. The molecular weight excluding hydrogens is 311 g/mol. The van der Waals surface area contributed by atoms with Crippen LogP contribution < -0.4 is 11.2 Å². The third-order valence-electron chi connectivity index (χ3n) is 2.59. The number of H-pyrrole nitrogens is 1.